The van der Waals surface area contributed by atoms with Crippen molar-refractivity contribution in [3.05, 3.63) is 70.8 Å². The summed E-state index contributed by atoms with van der Waals surface area (Å²) in [7, 11) is 1.81. The average molecular weight is 436 g/mol. The van der Waals surface area contributed by atoms with Crippen LogP contribution < -0.4 is 16.0 Å². The lowest BCUT2D eigenvalue weighted by molar-refractivity contribution is -0.111. The molecular formula is C21H18BrN5O. The number of hydrogen-bond donors (Lipinski definition) is 3. The Balaban J connectivity index is 1.98. The first-order chi connectivity index (χ1) is 13.6. The van der Waals surface area contributed by atoms with Gasteiger partial charge in [-0.25, -0.2) is 0 Å². The number of aromatic nitrogens is 1. The lowest BCUT2D eigenvalue weighted by Crippen LogP contribution is -2.10. The Morgan fingerprint density at radius 1 is 1.25 bits per heavy atom. The third-order valence-corrected chi connectivity index (χ3v) is 4.43. The number of rotatable bonds is 6. The number of hydrogen-bond acceptors (Lipinski definition) is 5. The third kappa shape index (κ3) is 4.74. The molecule has 3 N–H and O–H groups in total. The summed E-state index contributed by atoms with van der Waals surface area (Å²) in [5, 5.41) is 19.3. The lowest BCUT2D eigenvalue weighted by Gasteiger charge is -2.13. The summed E-state index contributed by atoms with van der Waals surface area (Å²) >= 11 is 3.45. The largest absolute Gasteiger partial charge is 0.354 e. The van der Waals surface area contributed by atoms with Gasteiger partial charge in [0.15, 0.2) is 0 Å². The van der Waals surface area contributed by atoms with Gasteiger partial charge in [0.1, 0.15) is 6.07 Å². The van der Waals surface area contributed by atoms with E-state index in [-0.39, 0.29) is 5.91 Å². The first-order valence-corrected chi connectivity index (χ1v) is 9.37. The van der Waals surface area contributed by atoms with E-state index in [1.807, 2.05) is 43.4 Å². The van der Waals surface area contributed by atoms with Crippen LogP contribution in [0.15, 0.2) is 65.3 Å². The topological polar surface area (TPSA) is 89.8 Å². The zero-order valence-corrected chi connectivity index (χ0v) is 16.7. The van der Waals surface area contributed by atoms with Crippen molar-refractivity contribution < 1.29 is 4.79 Å². The van der Waals surface area contributed by atoms with Crippen molar-refractivity contribution in [3.8, 4) is 6.07 Å². The van der Waals surface area contributed by atoms with Gasteiger partial charge in [0, 0.05) is 40.1 Å². The molecule has 0 radical (unpaired) electrons. The van der Waals surface area contributed by atoms with Gasteiger partial charge in [0.2, 0.25) is 5.91 Å². The van der Waals surface area contributed by atoms with Crippen LogP contribution in [-0.4, -0.2) is 24.5 Å². The summed E-state index contributed by atoms with van der Waals surface area (Å²) in [6.07, 6.45) is 4.76. The van der Waals surface area contributed by atoms with Crippen molar-refractivity contribution >= 4 is 49.8 Å². The smallest absolute Gasteiger partial charge is 0.248 e. The highest BCUT2D eigenvalue weighted by molar-refractivity contribution is 9.10. The maximum Gasteiger partial charge on any atom is 0.248 e. The van der Waals surface area contributed by atoms with E-state index in [1.165, 1.54) is 6.08 Å². The van der Waals surface area contributed by atoms with Crippen molar-refractivity contribution in [3.63, 3.8) is 0 Å². The molecule has 6 nitrogen and oxygen atoms in total. The van der Waals surface area contributed by atoms with Crippen LogP contribution >= 0.6 is 15.9 Å². The number of nitrogens with zero attached hydrogens (tertiary/aromatic N) is 2. The molecule has 3 aromatic rings. The van der Waals surface area contributed by atoms with Crippen LogP contribution in [0.5, 0.6) is 0 Å². The van der Waals surface area contributed by atoms with E-state index in [0.29, 0.717) is 23.5 Å². The fourth-order valence-corrected chi connectivity index (χ4v) is 3.07. The Morgan fingerprint density at radius 3 is 2.86 bits per heavy atom. The highest BCUT2D eigenvalue weighted by Gasteiger charge is 2.11. The molecule has 0 unspecified atom stereocenters. The van der Waals surface area contributed by atoms with E-state index >= 15 is 0 Å². The van der Waals surface area contributed by atoms with E-state index in [1.54, 1.807) is 18.3 Å². The molecule has 0 bridgehead atoms. The maximum absolute atomic E-state index is 12.0. The van der Waals surface area contributed by atoms with Crippen LogP contribution in [0.4, 0.5) is 17.1 Å². The second kappa shape index (κ2) is 9.13. The van der Waals surface area contributed by atoms with Crippen LogP contribution in [0, 0.1) is 11.3 Å². The SMILES string of the molecule is CNCC=CC(=O)Nc1ccc2ncc(C#N)c(Nc3cccc(Br)c3)c2c1. The first kappa shape index (κ1) is 19.5. The Kier molecular flexibility index (Phi) is 6.37. The fourth-order valence-electron chi connectivity index (χ4n) is 2.67. The fraction of sp³-hybridized carbons (Fsp3) is 0.0952. The molecule has 0 fully saturated rings. The Hall–Kier alpha value is -3.21. The number of likely N-dealkylation sites (N-methyl/N-ethyl adjacent to an activating group) is 1. The molecule has 1 aromatic heterocycles. The molecular weight excluding hydrogens is 418 g/mol. The number of nitrogens with one attached hydrogen (secondary N) is 3. The average Bonchev–Trinajstić information content (AvgIpc) is 2.68. The van der Waals surface area contributed by atoms with E-state index < -0.39 is 0 Å². The number of nitriles is 1. The van der Waals surface area contributed by atoms with Gasteiger partial charge < -0.3 is 16.0 Å². The molecule has 0 aliphatic carbocycles. The van der Waals surface area contributed by atoms with E-state index in [0.717, 1.165) is 21.1 Å². The number of amides is 1. The molecule has 1 amide bonds. The minimum atomic E-state index is -0.222. The normalized spacial score (nSPS) is 10.8. The van der Waals surface area contributed by atoms with Gasteiger partial charge in [-0.05, 0) is 43.4 Å². The summed E-state index contributed by atoms with van der Waals surface area (Å²) in [5.74, 6) is -0.222. The molecule has 0 aliphatic rings. The number of halogens is 1. The molecule has 0 spiro atoms. The molecule has 2 aromatic carbocycles. The molecule has 0 atom stereocenters. The van der Waals surface area contributed by atoms with E-state index in [9.17, 15) is 10.1 Å². The number of benzene rings is 2. The third-order valence-electron chi connectivity index (χ3n) is 3.94. The van der Waals surface area contributed by atoms with Crippen molar-refractivity contribution in [2.75, 3.05) is 24.2 Å². The Morgan fingerprint density at radius 2 is 2.11 bits per heavy atom. The number of anilines is 3. The van der Waals surface area contributed by atoms with Crippen LogP contribution in [0.2, 0.25) is 0 Å². The predicted octanol–water partition coefficient (Wildman–Crippen LogP) is 4.33. The molecule has 28 heavy (non-hydrogen) atoms. The zero-order chi connectivity index (χ0) is 19.9. The van der Waals surface area contributed by atoms with Crippen molar-refractivity contribution in [1.29, 1.82) is 5.26 Å². The second-order valence-electron chi connectivity index (χ2n) is 5.98. The number of fused-ring (bicyclic) bond motifs is 1. The van der Waals surface area contributed by atoms with Crippen LogP contribution in [-0.2, 0) is 4.79 Å². The summed E-state index contributed by atoms with van der Waals surface area (Å²) in [6.45, 7) is 0.612. The van der Waals surface area contributed by atoms with Gasteiger partial charge in [0.05, 0.1) is 16.8 Å². The highest BCUT2D eigenvalue weighted by atomic mass is 79.9. The monoisotopic (exact) mass is 435 g/mol. The van der Waals surface area contributed by atoms with Crippen molar-refractivity contribution in [2.24, 2.45) is 0 Å². The van der Waals surface area contributed by atoms with Gasteiger partial charge in [-0.1, -0.05) is 28.1 Å². The molecule has 1 heterocycles. The molecule has 140 valence electrons. The Bertz CT molecular complexity index is 1090. The van der Waals surface area contributed by atoms with Crippen LogP contribution in [0.3, 0.4) is 0 Å². The Labute approximate surface area is 171 Å². The van der Waals surface area contributed by atoms with Gasteiger partial charge in [-0.3, -0.25) is 9.78 Å². The van der Waals surface area contributed by atoms with E-state index in [4.69, 9.17) is 0 Å². The van der Waals surface area contributed by atoms with Gasteiger partial charge in [0.25, 0.3) is 0 Å². The number of pyridine rings is 1. The van der Waals surface area contributed by atoms with Crippen LogP contribution in [0.1, 0.15) is 5.56 Å². The number of carbonyl (C=O) groups excluding carboxylic acids is 1. The molecule has 0 aliphatic heterocycles. The van der Waals surface area contributed by atoms with E-state index in [2.05, 4.69) is 42.9 Å². The second-order valence-corrected chi connectivity index (χ2v) is 6.89. The van der Waals surface area contributed by atoms with Gasteiger partial charge in [-0.2, -0.15) is 5.26 Å². The minimum absolute atomic E-state index is 0.222. The molecule has 0 saturated carbocycles. The zero-order valence-electron chi connectivity index (χ0n) is 15.2. The van der Waals surface area contributed by atoms with Crippen molar-refractivity contribution in [1.82, 2.24) is 10.3 Å². The van der Waals surface area contributed by atoms with Crippen LogP contribution in [0.25, 0.3) is 10.9 Å². The summed E-state index contributed by atoms with van der Waals surface area (Å²) < 4.78 is 0.927. The molecule has 7 heteroatoms. The summed E-state index contributed by atoms with van der Waals surface area (Å²) in [4.78, 5) is 16.4. The highest BCUT2D eigenvalue weighted by Crippen LogP contribution is 2.31. The predicted molar refractivity (Wildman–Crippen MR) is 116 cm³/mol. The number of carbonyl (C=O) groups is 1. The minimum Gasteiger partial charge on any atom is -0.354 e. The lowest BCUT2D eigenvalue weighted by atomic mass is 10.1. The van der Waals surface area contributed by atoms with Crippen molar-refractivity contribution in [2.45, 2.75) is 0 Å². The molecule has 0 saturated heterocycles. The maximum atomic E-state index is 12.0. The van der Waals surface area contributed by atoms with Gasteiger partial charge in [-0.15, -0.1) is 0 Å². The summed E-state index contributed by atoms with van der Waals surface area (Å²) in [6, 6.07) is 15.3. The standard InChI is InChI=1S/C21H18BrN5O/c1-24-9-3-6-20(28)26-17-7-8-19-18(11-17)21(14(12-23)13-25-19)27-16-5-2-4-15(22)10-16/h2-8,10-11,13,24H,9H2,1H3,(H,25,27)(H,26,28). The van der Waals surface area contributed by atoms with Gasteiger partial charge >= 0.3 is 0 Å². The quantitative estimate of drug-likeness (QED) is 0.501. The first-order valence-electron chi connectivity index (χ1n) is 8.58. The molecule has 3 rings (SSSR count). The summed E-state index contributed by atoms with van der Waals surface area (Å²) in [5.41, 5.74) is 3.25.